The van der Waals surface area contributed by atoms with E-state index in [-0.39, 0.29) is 36.8 Å². The number of aryl methyl sites for hydroxylation is 1. The Bertz CT molecular complexity index is 730. The van der Waals surface area contributed by atoms with Gasteiger partial charge in [0.05, 0.1) is 18.8 Å². The Hall–Kier alpha value is -1.56. The summed E-state index contributed by atoms with van der Waals surface area (Å²) in [5.41, 5.74) is 2.72. The molecule has 26 heavy (non-hydrogen) atoms. The highest BCUT2D eigenvalue weighted by Gasteiger charge is 2.24. The van der Waals surface area contributed by atoms with Gasteiger partial charge in [0.2, 0.25) is 5.91 Å². The second kappa shape index (κ2) is 9.40. The van der Waals surface area contributed by atoms with Gasteiger partial charge in [-0.15, -0.1) is 24.8 Å². The molecule has 2 aliphatic carbocycles. The third kappa shape index (κ3) is 4.78. The fraction of sp³-hybridized carbons (Fsp3) is 0.474. The molecular weight excluding hydrogens is 371 g/mol. The Morgan fingerprint density at radius 1 is 1.15 bits per heavy atom. The van der Waals surface area contributed by atoms with E-state index in [0.29, 0.717) is 6.54 Å². The molecule has 0 spiro atoms. The van der Waals surface area contributed by atoms with Crippen molar-refractivity contribution in [2.45, 2.75) is 38.1 Å². The second-order valence-electron chi connectivity index (χ2n) is 6.89. The number of halogens is 2. The Morgan fingerprint density at radius 3 is 2.77 bits per heavy atom. The largest absolute Gasteiger partial charge is 0.310 e. The molecule has 1 atom stereocenters. The van der Waals surface area contributed by atoms with Gasteiger partial charge in [-0.3, -0.25) is 4.79 Å². The minimum absolute atomic E-state index is 0. The normalized spacial score (nSPS) is 18.2. The first-order chi connectivity index (χ1) is 11.8. The number of carbonyl (C=O) groups excluding carboxylic acids is 1. The fourth-order valence-electron chi connectivity index (χ4n) is 3.54. The first kappa shape index (κ1) is 20.7. The molecule has 1 aromatic carbocycles. The van der Waals surface area contributed by atoms with Crippen LogP contribution in [-0.2, 0) is 11.2 Å². The van der Waals surface area contributed by atoms with Crippen LogP contribution in [0.4, 0.5) is 5.82 Å². The standard InChI is InChI=1S/C19H24N4O.2ClH/c24-19(13-20-12-14-8-9-14)22-18-10-11-21-23(18)17-7-3-5-15-4-1-2-6-16(15)17;;/h1-2,4,6,10-11,14,17,20H,3,5,7-9,12-13H2,(H,22,24);2*1H. The van der Waals surface area contributed by atoms with Crippen molar-refractivity contribution in [1.82, 2.24) is 15.1 Å². The molecule has 1 unspecified atom stereocenters. The van der Waals surface area contributed by atoms with Crippen molar-refractivity contribution >= 4 is 36.5 Å². The van der Waals surface area contributed by atoms with Gasteiger partial charge in [-0.1, -0.05) is 24.3 Å². The number of nitrogens with one attached hydrogen (secondary N) is 2. The molecule has 1 fully saturated rings. The number of benzene rings is 1. The summed E-state index contributed by atoms with van der Waals surface area (Å²) >= 11 is 0. The van der Waals surface area contributed by atoms with Gasteiger partial charge in [0.25, 0.3) is 0 Å². The molecule has 2 aromatic rings. The van der Waals surface area contributed by atoms with Crippen molar-refractivity contribution in [3.05, 3.63) is 47.7 Å². The molecule has 1 aromatic heterocycles. The molecule has 1 amide bonds. The highest BCUT2D eigenvalue weighted by Crippen LogP contribution is 2.34. The summed E-state index contributed by atoms with van der Waals surface area (Å²) in [6.07, 6.45) is 7.69. The van der Waals surface area contributed by atoms with Gasteiger partial charge >= 0.3 is 0 Å². The van der Waals surface area contributed by atoms with E-state index in [1.165, 1.54) is 24.0 Å². The predicted octanol–water partition coefficient (Wildman–Crippen LogP) is 3.59. The molecule has 1 heterocycles. The van der Waals surface area contributed by atoms with E-state index >= 15 is 0 Å². The van der Waals surface area contributed by atoms with Crippen LogP contribution in [0.3, 0.4) is 0 Å². The molecule has 1 saturated carbocycles. The smallest absolute Gasteiger partial charge is 0.239 e. The Labute approximate surface area is 166 Å². The van der Waals surface area contributed by atoms with Crippen molar-refractivity contribution in [3.8, 4) is 0 Å². The lowest BCUT2D eigenvalue weighted by Gasteiger charge is -2.27. The van der Waals surface area contributed by atoms with Crippen LogP contribution in [0.15, 0.2) is 36.5 Å². The summed E-state index contributed by atoms with van der Waals surface area (Å²) < 4.78 is 1.97. The first-order valence-corrected chi connectivity index (χ1v) is 8.93. The molecular formula is C19H26Cl2N4O. The number of aromatic nitrogens is 2. The van der Waals surface area contributed by atoms with E-state index in [4.69, 9.17) is 0 Å². The maximum Gasteiger partial charge on any atom is 0.239 e. The van der Waals surface area contributed by atoms with E-state index in [1.807, 2.05) is 10.7 Å². The van der Waals surface area contributed by atoms with E-state index in [1.54, 1.807) is 6.20 Å². The van der Waals surface area contributed by atoms with Crippen LogP contribution in [-0.4, -0.2) is 28.8 Å². The van der Waals surface area contributed by atoms with Crippen LogP contribution < -0.4 is 10.6 Å². The number of amides is 1. The van der Waals surface area contributed by atoms with Crippen molar-refractivity contribution in [2.24, 2.45) is 5.92 Å². The lowest BCUT2D eigenvalue weighted by Crippen LogP contribution is -2.31. The molecule has 142 valence electrons. The van der Waals surface area contributed by atoms with Crippen LogP contribution in [0.5, 0.6) is 0 Å². The SMILES string of the molecule is Cl.Cl.O=C(CNCC1CC1)Nc1ccnn1C1CCCc2ccccc21. The summed E-state index contributed by atoms with van der Waals surface area (Å²) in [6, 6.07) is 10.7. The minimum Gasteiger partial charge on any atom is -0.310 e. The van der Waals surface area contributed by atoms with Gasteiger partial charge in [-0.25, -0.2) is 4.68 Å². The van der Waals surface area contributed by atoms with Crippen LogP contribution >= 0.6 is 24.8 Å². The predicted molar refractivity (Wildman–Crippen MR) is 108 cm³/mol. The summed E-state index contributed by atoms with van der Waals surface area (Å²) in [6.45, 7) is 1.31. The van der Waals surface area contributed by atoms with E-state index in [0.717, 1.165) is 37.5 Å². The number of hydrogen-bond acceptors (Lipinski definition) is 3. The number of fused-ring (bicyclic) bond motifs is 1. The Balaban J connectivity index is 0.00000121. The van der Waals surface area contributed by atoms with E-state index < -0.39 is 0 Å². The number of hydrogen-bond donors (Lipinski definition) is 2. The summed E-state index contributed by atoms with van der Waals surface area (Å²) in [7, 11) is 0. The summed E-state index contributed by atoms with van der Waals surface area (Å²) in [5.74, 6) is 1.57. The molecule has 0 saturated heterocycles. The molecule has 2 N–H and O–H groups in total. The first-order valence-electron chi connectivity index (χ1n) is 8.93. The minimum atomic E-state index is 0. The summed E-state index contributed by atoms with van der Waals surface area (Å²) in [4.78, 5) is 12.2. The topological polar surface area (TPSA) is 59.0 Å². The van der Waals surface area contributed by atoms with Crippen molar-refractivity contribution in [1.29, 1.82) is 0 Å². The quantitative estimate of drug-likeness (QED) is 0.783. The maximum atomic E-state index is 12.2. The average Bonchev–Trinajstić information content (AvgIpc) is 3.32. The summed E-state index contributed by atoms with van der Waals surface area (Å²) in [5, 5.41) is 10.7. The van der Waals surface area contributed by atoms with Gasteiger partial charge in [0.15, 0.2) is 0 Å². The molecule has 0 aliphatic heterocycles. The van der Waals surface area contributed by atoms with Crippen LogP contribution in [0.25, 0.3) is 0 Å². The van der Waals surface area contributed by atoms with Gasteiger partial charge in [-0.2, -0.15) is 5.10 Å². The number of carbonyl (C=O) groups is 1. The molecule has 0 radical (unpaired) electrons. The monoisotopic (exact) mass is 396 g/mol. The number of anilines is 1. The zero-order chi connectivity index (χ0) is 16.4. The molecule has 5 nitrogen and oxygen atoms in total. The lowest BCUT2D eigenvalue weighted by atomic mass is 9.88. The van der Waals surface area contributed by atoms with Crippen LogP contribution in [0.2, 0.25) is 0 Å². The zero-order valence-corrected chi connectivity index (χ0v) is 16.3. The van der Waals surface area contributed by atoms with Gasteiger partial charge in [0, 0.05) is 6.07 Å². The van der Waals surface area contributed by atoms with Crippen LogP contribution in [0, 0.1) is 5.92 Å². The number of rotatable bonds is 6. The lowest BCUT2D eigenvalue weighted by molar-refractivity contribution is -0.115. The highest BCUT2D eigenvalue weighted by molar-refractivity contribution is 5.91. The highest BCUT2D eigenvalue weighted by atomic mass is 35.5. The fourth-order valence-corrected chi connectivity index (χ4v) is 3.54. The van der Waals surface area contributed by atoms with Crippen LogP contribution in [0.1, 0.15) is 42.9 Å². The molecule has 2 aliphatic rings. The van der Waals surface area contributed by atoms with Crippen molar-refractivity contribution in [2.75, 3.05) is 18.4 Å². The van der Waals surface area contributed by atoms with Crippen molar-refractivity contribution in [3.63, 3.8) is 0 Å². The molecule has 7 heteroatoms. The molecule has 4 rings (SSSR count). The van der Waals surface area contributed by atoms with Gasteiger partial charge in [0.1, 0.15) is 5.82 Å². The molecule has 0 bridgehead atoms. The third-order valence-electron chi connectivity index (χ3n) is 4.99. The van der Waals surface area contributed by atoms with E-state index in [2.05, 4.69) is 40.0 Å². The van der Waals surface area contributed by atoms with Gasteiger partial charge < -0.3 is 10.6 Å². The second-order valence-corrected chi connectivity index (χ2v) is 6.89. The Kier molecular flexibility index (Phi) is 7.50. The number of nitrogens with zero attached hydrogens (tertiary/aromatic N) is 2. The Morgan fingerprint density at radius 2 is 1.96 bits per heavy atom. The maximum absolute atomic E-state index is 12.2. The average molecular weight is 397 g/mol. The van der Waals surface area contributed by atoms with Gasteiger partial charge in [-0.05, 0) is 55.7 Å². The van der Waals surface area contributed by atoms with Crippen molar-refractivity contribution < 1.29 is 4.79 Å². The third-order valence-corrected chi connectivity index (χ3v) is 4.99. The zero-order valence-electron chi connectivity index (χ0n) is 14.7. The van der Waals surface area contributed by atoms with E-state index in [9.17, 15) is 4.79 Å².